The Morgan fingerprint density at radius 1 is 0.895 bits per heavy atom. The number of pyridine rings is 1. The van der Waals surface area contributed by atoms with E-state index in [-0.39, 0.29) is 0 Å². The van der Waals surface area contributed by atoms with Gasteiger partial charge in [0.25, 0.3) is 0 Å². The monoisotopic (exact) mass is 333 g/mol. The standard InChI is InChI=1S/C14H23NS4/c1-16-9-10-17-7-4-8-18-11-12-19-13-14-5-2-3-6-15-14/h2-3,5-6H,4,7-13H2,1H3. The third kappa shape index (κ3) is 10.9. The molecule has 0 aliphatic rings. The number of nitrogens with zero attached hydrogens (tertiary/aromatic N) is 1. The smallest absolute Gasteiger partial charge is 0.0502 e. The fourth-order valence-corrected chi connectivity index (χ4v) is 5.28. The van der Waals surface area contributed by atoms with Crippen LogP contribution in [-0.2, 0) is 5.75 Å². The van der Waals surface area contributed by atoms with Crippen LogP contribution in [0, 0.1) is 0 Å². The molecule has 0 atom stereocenters. The molecule has 0 spiro atoms. The number of hydrogen-bond acceptors (Lipinski definition) is 5. The number of aromatic nitrogens is 1. The molecule has 5 heteroatoms. The van der Waals surface area contributed by atoms with Gasteiger partial charge in [-0.05, 0) is 36.3 Å². The Bertz CT molecular complexity index is 295. The molecule has 0 bridgehead atoms. The number of hydrogen-bond donors (Lipinski definition) is 0. The van der Waals surface area contributed by atoms with Gasteiger partial charge < -0.3 is 0 Å². The van der Waals surface area contributed by atoms with Gasteiger partial charge >= 0.3 is 0 Å². The molecule has 0 aromatic carbocycles. The molecule has 0 saturated carbocycles. The molecule has 0 aliphatic carbocycles. The van der Waals surface area contributed by atoms with Crippen LogP contribution in [0.2, 0.25) is 0 Å². The molecule has 19 heavy (non-hydrogen) atoms. The second kappa shape index (κ2) is 13.5. The van der Waals surface area contributed by atoms with Gasteiger partial charge in [0.1, 0.15) is 0 Å². The van der Waals surface area contributed by atoms with Crippen LogP contribution in [0.5, 0.6) is 0 Å². The Morgan fingerprint density at radius 3 is 2.32 bits per heavy atom. The fraction of sp³-hybridized carbons (Fsp3) is 0.643. The van der Waals surface area contributed by atoms with E-state index in [0.717, 1.165) is 5.75 Å². The van der Waals surface area contributed by atoms with Gasteiger partial charge in [0.2, 0.25) is 0 Å². The van der Waals surface area contributed by atoms with Crippen molar-refractivity contribution in [2.45, 2.75) is 12.2 Å². The van der Waals surface area contributed by atoms with E-state index in [1.54, 1.807) is 0 Å². The predicted octanol–water partition coefficient (Wildman–Crippen LogP) is 4.53. The Balaban J connectivity index is 1.79. The van der Waals surface area contributed by atoms with Crippen LogP contribution >= 0.6 is 47.0 Å². The molecule has 0 N–H and O–H groups in total. The van der Waals surface area contributed by atoms with Crippen molar-refractivity contribution in [1.29, 1.82) is 0 Å². The lowest BCUT2D eigenvalue weighted by Gasteiger charge is -2.02. The second-order valence-corrected chi connectivity index (χ2v) is 8.49. The van der Waals surface area contributed by atoms with Crippen LogP contribution in [0.25, 0.3) is 0 Å². The summed E-state index contributed by atoms with van der Waals surface area (Å²) in [6.07, 6.45) is 5.41. The zero-order valence-electron chi connectivity index (χ0n) is 11.5. The molecule has 0 radical (unpaired) electrons. The van der Waals surface area contributed by atoms with Crippen LogP contribution in [0.1, 0.15) is 12.1 Å². The lowest BCUT2D eigenvalue weighted by molar-refractivity contribution is 1.12. The normalized spacial score (nSPS) is 10.8. The summed E-state index contributed by atoms with van der Waals surface area (Å²) in [5, 5.41) is 0. The Kier molecular flexibility index (Phi) is 12.5. The van der Waals surface area contributed by atoms with E-state index >= 15 is 0 Å². The van der Waals surface area contributed by atoms with Gasteiger partial charge in [-0.15, -0.1) is 0 Å². The maximum Gasteiger partial charge on any atom is 0.0502 e. The summed E-state index contributed by atoms with van der Waals surface area (Å²) < 4.78 is 0. The number of thioether (sulfide) groups is 4. The van der Waals surface area contributed by atoms with Gasteiger partial charge in [-0.3, -0.25) is 4.98 Å². The SMILES string of the molecule is CSCCSCCCSCCSCc1ccccn1. The van der Waals surface area contributed by atoms with Crippen molar-refractivity contribution in [3.05, 3.63) is 30.1 Å². The van der Waals surface area contributed by atoms with Crippen molar-refractivity contribution < 1.29 is 0 Å². The molecule has 1 aromatic heterocycles. The van der Waals surface area contributed by atoms with E-state index < -0.39 is 0 Å². The lowest BCUT2D eigenvalue weighted by Crippen LogP contribution is -1.92. The van der Waals surface area contributed by atoms with Crippen LogP contribution in [-0.4, -0.2) is 45.8 Å². The minimum atomic E-state index is 1.05. The first-order valence-corrected chi connectivity index (χ1v) is 11.4. The average molecular weight is 334 g/mol. The van der Waals surface area contributed by atoms with Crippen LogP contribution in [0.3, 0.4) is 0 Å². The Labute approximate surface area is 134 Å². The van der Waals surface area contributed by atoms with Crippen LogP contribution in [0.4, 0.5) is 0 Å². The first-order chi connectivity index (χ1) is 9.43. The van der Waals surface area contributed by atoms with Crippen LogP contribution < -0.4 is 0 Å². The molecule has 1 aromatic rings. The topological polar surface area (TPSA) is 12.9 Å². The minimum absolute atomic E-state index is 1.05. The van der Waals surface area contributed by atoms with Crippen molar-refractivity contribution in [2.24, 2.45) is 0 Å². The van der Waals surface area contributed by atoms with Crippen LogP contribution in [0.15, 0.2) is 24.4 Å². The quantitative estimate of drug-likeness (QED) is 0.519. The maximum atomic E-state index is 4.33. The summed E-state index contributed by atoms with van der Waals surface area (Å²) in [6, 6.07) is 6.14. The summed E-state index contributed by atoms with van der Waals surface area (Å²) in [5.41, 5.74) is 1.20. The van der Waals surface area contributed by atoms with Crippen molar-refractivity contribution in [1.82, 2.24) is 4.98 Å². The van der Waals surface area contributed by atoms with E-state index in [4.69, 9.17) is 0 Å². The minimum Gasteiger partial charge on any atom is -0.260 e. The van der Waals surface area contributed by atoms with E-state index in [2.05, 4.69) is 46.9 Å². The van der Waals surface area contributed by atoms with Gasteiger partial charge in [0.15, 0.2) is 0 Å². The molecule has 0 saturated heterocycles. The molecule has 0 aliphatic heterocycles. The first-order valence-electron chi connectivity index (χ1n) is 6.55. The summed E-state index contributed by atoms with van der Waals surface area (Å²) in [7, 11) is 0. The Hall–Kier alpha value is 0.550. The molecular formula is C14H23NS4. The van der Waals surface area contributed by atoms with E-state index in [9.17, 15) is 0 Å². The molecule has 1 nitrogen and oxygen atoms in total. The van der Waals surface area contributed by atoms with Gasteiger partial charge in [-0.2, -0.15) is 47.0 Å². The summed E-state index contributed by atoms with van der Waals surface area (Å²) in [5.74, 6) is 8.80. The zero-order chi connectivity index (χ0) is 13.6. The molecule has 1 heterocycles. The van der Waals surface area contributed by atoms with Gasteiger partial charge in [0.05, 0.1) is 5.69 Å². The lowest BCUT2D eigenvalue weighted by atomic mass is 10.4. The summed E-state index contributed by atoms with van der Waals surface area (Å²) in [4.78, 5) is 4.33. The predicted molar refractivity (Wildman–Crippen MR) is 98.0 cm³/mol. The van der Waals surface area contributed by atoms with Crippen molar-refractivity contribution in [2.75, 3.05) is 40.8 Å². The van der Waals surface area contributed by atoms with E-state index in [1.807, 2.05) is 35.8 Å². The van der Waals surface area contributed by atoms with Crippen molar-refractivity contribution in [3.8, 4) is 0 Å². The van der Waals surface area contributed by atoms with Gasteiger partial charge in [-0.25, -0.2) is 0 Å². The highest BCUT2D eigenvalue weighted by molar-refractivity contribution is 8.03. The highest BCUT2D eigenvalue weighted by Crippen LogP contribution is 2.14. The average Bonchev–Trinajstić information content (AvgIpc) is 2.46. The third-order valence-electron chi connectivity index (χ3n) is 2.36. The van der Waals surface area contributed by atoms with Crippen molar-refractivity contribution >= 4 is 47.0 Å². The van der Waals surface area contributed by atoms with Gasteiger partial charge in [-0.1, -0.05) is 6.07 Å². The van der Waals surface area contributed by atoms with E-state index in [1.165, 1.54) is 46.6 Å². The van der Waals surface area contributed by atoms with E-state index in [0.29, 0.717) is 0 Å². The van der Waals surface area contributed by atoms with Gasteiger partial charge in [0, 0.05) is 35.0 Å². The molecule has 1 rings (SSSR count). The van der Waals surface area contributed by atoms with Crippen molar-refractivity contribution in [3.63, 3.8) is 0 Å². The molecule has 0 amide bonds. The molecule has 108 valence electrons. The molecular weight excluding hydrogens is 310 g/mol. The highest BCUT2D eigenvalue weighted by Gasteiger charge is 1.95. The molecule has 0 unspecified atom stereocenters. The maximum absolute atomic E-state index is 4.33. The first kappa shape index (κ1) is 17.6. The highest BCUT2D eigenvalue weighted by atomic mass is 32.2. The zero-order valence-corrected chi connectivity index (χ0v) is 14.8. The fourth-order valence-electron chi connectivity index (χ4n) is 1.39. The molecule has 0 fully saturated rings. The summed E-state index contributed by atoms with van der Waals surface area (Å²) >= 11 is 8.12. The Morgan fingerprint density at radius 2 is 1.63 bits per heavy atom. The number of rotatable bonds is 12. The third-order valence-corrected chi connectivity index (χ3v) is 6.62. The summed E-state index contributed by atoms with van der Waals surface area (Å²) in [6.45, 7) is 0. The largest absolute Gasteiger partial charge is 0.260 e. The second-order valence-electron chi connectivity index (χ2n) is 3.94.